The van der Waals surface area contributed by atoms with Crippen LogP contribution in [0.3, 0.4) is 0 Å². The minimum atomic E-state index is -4.84. The molecule has 2 aromatic heterocycles. The first kappa shape index (κ1) is 17.5. The summed E-state index contributed by atoms with van der Waals surface area (Å²) in [6, 6.07) is 11.5. The zero-order valence-electron chi connectivity index (χ0n) is 13.3. The van der Waals surface area contributed by atoms with Crippen molar-refractivity contribution in [2.24, 2.45) is 0 Å². The zero-order valence-corrected chi connectivity index (χ0v) is 13.3. The van der Waals surface area contributed by atoms with E-state index in [2.05, 4.69) is 14.8 Å². The van der Waals surface area contributed by atoms with Gasteiger partial charge in [-0.25, -0.2) is 9.67 Å². The molecule has 0 aliphatic carbocycles. The first-order valence-corrected chi connectivity index (χ1v) is 7.35. The molecule has 3 aromatic rings. The molecule has 0 aliphatic rings. The van der Waals surface area contributed by atoms with E-state index in [9.17, 15) is 23.1 Å². The van der Waals surface area contributed by atoms with E-state index in [1.165, 1.54) is 35.0 Å². The molecule has 0 radical (unpaired) electrons. The number of rotatable bonds is 4. The van der Waals surface area contributed by atoms with Gasteiger partial charge in [0.1, 0.15) is 11.4 Å². The molecule has 0 unspecified atom stereocenters. The Morgan fingerprint density at radius 2 is 1.88 bits per heavy atom. The van der Waals surface area contributed by atoms with E-state index in [0.717, 1.165) is 0 Å². The van der Waals surface area contributed by atoms with E-state index in [1.54, 1.807) is 25.1 Å². The van der Waals surface area contributed by atoms with Crippen LogP contribution in [0.1, 0.15) is 16.2 Å². The van der Waals surface area contributed by atoms with Crippen molar-refractivity contribution in [3.05, 3.63) is 59.9 Å². The fraction of sp³-hybridized carbons (Fsp3) is 0.118. The van der Waals surface area contributed by atoms with Crippen molar-refractivity contribution in [3.8, 4) is 22.8 Å². The van der Waals surface area contributed by atoms with E-state index >= 15 is 0 Å². The van der Waals surface area contributed by atoms with Gasteiger partial charge in [0.25, 0.3) is 0 Å². The predicted octanol–water partition coefficient (Wildman–Crippen LogP) is 2.50. The molecule has 134 valence electrons. The summed E-state index contributed by atoms with van der Waals surface area (Å²) in [6.45, 7) is 1.62. The maximum atomic E-state index is 12.6. The zero-order chi connectivity index (χ0) is 18.9. The summed E-state index contributed by atoms with van der Waals surface area (Å²) in [5.74, 6) is -1.58. The average molecular weight is 362 g/mol. The number of hydrogen-bond acceptors (Lipinski definition) is 5. The van der Waals surface area contributed by atoms with Gasteiger partial charge in [-0.1, -0.05) is 18.2 Å². The maximum absolute atomic E-state index is 12.6. The molecule has 0 bridgehead atoms. The van der Waals surface area contributed by atoms with Crippen LogP contribution in [0.15, 0.2) is 48.5 Å². The minimum Gasteiger partial charge on any atom is -0.543 e. The minimum absolute atomic E-state index is 0.136. The molecule has 0 spiro atoms. The number of carbonyl (C=O) groups is 1. The number of halogens is 3. The molecule has 0 amide bonds. The third-order valence-corrected chi connectivity index (χ3v) is 3.44. The second-order valence-corrected chi connectivity index (χ2v) is 5.30. The third-order valence-electron chi connectivity index (χ3n) is 3.44. The molecule has 6 nitrogen and oxygen atoms in total. The standard InChI is InChI=1S/C17H12F3N3O3/c1-10-9-13(16(24)25)22-23(10)15-8-4-6-12(21-15)11-5-2-3-7-14(11)26-17(18,19)20/h2-9H,1H3,(H,24,25)/p-1. The molecular weight excluding hydrogens is 351 g/mol. The first-order chi connectivity index (χ1) is 12.2. The number of para-hydroxylation sites is 1. The lowest BCUT2D eigenvalue weighted by Crippen LogP contribution is -2.23. The van der Waals surface area contributed by atoms with Gasteiger partial charge in [-0.15, -0.1) is 13.2 Å². The SMILES string of the molecule is Cc1cc(C(=O)[O-])nn1-c1cccc(-c2ccccc2OC(F)(F)F)n1. The van der Waals surface area contributed by atoms with Gasteiger partial charge in [-0.05, 0) is 37.3 Å². The lowest BCUT2D eigenvalue weighted by Gasteiger charge is -2.13. The van der Waals surface area contributed by atoms with Crippen molar-refractivity contribution in [2.75, 3.05) is 0 Å². The monoisotopic (exact) mass is 362 g/mol. The number of alkyl halides is 3. The van der Waals surface area contributed by atoms with Crippen molar-refractivity contribution in [3.63, 3.8) is 0 Å². The van der Waals surface area contributed by atoms with Crippen molar-refractivity contribution in [1.29, 1.82) is 0 Å². The molecule has 0 atom stereocenters. The van der Waals surface area contributed by atoms with Crippen molar-refractivity contribution >= 4 is 5.97 Å². The van der Waals surface area contributed by atoms with Crippen LogP contribution in [0.25, 0.3) is 17.1 Å². The van der Waals surface area contributed by atoms with E-state index in [1.807, 2.05) is 0 Å². The number of aromatic carboxylic acids is 1. The molecular formula is C17H11F3N3O3-. The predicted molar refractivity (Wildman–Crippen MR) is 82.5 cm³/mol. The number of carboxylic acids is 1. The van der Waals surface area contributed by atoms with Crippen LogP contribution in [0.5, 0.6) is 5.75 Å². The Morgan fingerprint density at radius 3 is 2.54 bits per heavy atom. The third kappa shape index (κ3) is 3.66. The molecule has 0 fully saturated rings. The lowest BCUT2D eigenvalue weighted by molar-refractivity contribution is -0.274. The van der Waals surface area contributed by atoms with E-state index in [0.29, 0.717) is 5.69 Å². The van der Waals surface area contributed by atoms with E-state index in [4.69, 9.17) is 0 Å². The van der Waals surface area contributed by atoms with Gasteiger partial charge in [0.2, 0.25) is 0 Å². The maximum Gasteiger partial charge on any atom is 0.573 e. The molecule has 2 heterocycles. The van der Waals surface area contributed by atoms with E-state index in [-0.39, 0.29) is 22.8 Å². The highest BCUT2D eigenvalue weighted by atomic mass is 19.4. The normalized spacial score (nSPS) is 11.4. The quantitative estimate of drug-likeness (QED) is 0.712. The Labute approximate surface area is 145 Å². The van der Waals surface area contributed by atoms with Gasteiger partial charge in [-0.3, -0.25) is 0 Å². The number of benzene rings is 1. The van der Waals surface area contributed by atoms with Gasteiger partial charge in [0, 0.05) is 11.3 Å². The van der Waals surface area contributed by atoms with Crippen LogP contribution in [-0.4, -0.2) is 27.1 Å². The van der Waals surface area contributed by atoms with Crippen molar-refractivity contribution in [1.82, 2.24) is 14.8 Å². The number of nitrogens with zero attached hydrogens (tertiary/aromatic N) is 3. The largest absolute Gasteiger partial charge is 0.573 e. The fourth-order valence-electron chi connectivity index (χ4n) is 2.39. The Morgan fingerprint density at radius 1 is 1.15 bits per heavy atom. The van der Waals surface area contributed by atoms with Gasteiger partial charge in [-0.2, -0.15) is 5.10 Å². The second kappa shape index (κ2) is 6.51. The first-order valence-electron chi connectivity index (χ1n) is 7.35. The van der Waals surface area contributed by atoms with Crippen LogP contribution in [0, 0.1) is 6.92 Å². The van der Waals surface area contributed by atoms with Gasteiger partial charge in [0.05, 0.1) is 11.7 Å². The fourth-order valence-corrected chi connectivity index (χ4v) is 2.39. The second-order valence-electron chi connectivity index (χ2n) is 5.30. The van der Waals surface area contributed by atoms with Gasteiger partial charge in [0.15, 0.2) is 5.82 Å². The number of aryl methyl sites for hydroxylation is 1. The molecule has 0 saturated carbocycles. The Balaban J connectivity index is 2.05. The Kier molecular flexibility index (Phi) is 4.37. The topological polar surface area (TPSA) is 80.1 Å². The summed E-state index contributed by atoms with van der Waals surface area (Å²) in [5, 5.41) is 14.8. The molecule has 0 saturated heterocycles. The Hall–Kier alpha value is -3.36. The number of pyridine rings is 1. The Bertz CT molecular complexity index is 967. The summed E-state index contributed by atoms with van der Waals surface area (Å²) >= 11 is 0. The number of carbonyl (C=O) groups excluding carboxylic acids is 1. The van der Waals surface area contributed by atoms with Gasteiger partial charge >= 0.3 is 6.36 Å². The summed E-state index contributed by atoms with van der Waals surface area (Å²) in [5.41, 5.74) is 0.563. The highest BCUT2D eigenvalue weighted by Gasteiger charge is 2.32. The summed E-state index contributed by atoms with van der Waals surface area (Å²) in [7, 11) is 0. The smallest absolute Gasteiger partial charge is 0.543 e. The number of carboxylic acid groups (broad SMARTS) is 1. The van der Waals surface area contributed by atoms with E-state index < -0.39 is 18.1 Å². The van der Waals surface area contributed by atoms with Gasteiger partial charge < -0.3 is 14.6 Å². The average Bonchev–Trinajstić information content (AvgIpc) is 2.96. The molecule has 0 aliphatic heterocycles. The van der Waals surface area contributed by atoms with Crippen LogP contribution >= 0.6 is 0 Å². The summed E-state index contributed by atoms with van der Waals surface area (Å²) in [4.78, 5) is 15.2. The van der Waals surface area contributed by atoms with Crippen molar-refractivity contribution in [2.45, 2.75) is 13.3 Å². The highest BCUT2D eigenvalue weighted by molar-refractivity contribution is 5.83. The molecule has 9 heteroatoms. The van der Waals surface area contributed by atoms with Crippen LogP contribution in [0.2, 0.25) is 0 Å². The highest BCUT2D eigenvalue weighted by Crippen LogP contribution is 2.33. The van der Waals surface area contributed by atoms with Crippen molar-refractivity contribution < 1.29 is 27.8 Å². The number of ether oxygens (including phenoxy) is 1. The molecule has 26 heavy (non-hydrogen) atoms. The van der Waals surface area contributed by atoms with Crippen LogP contribution < -0.4 is 9.84 Å². The molecule has 0 N–H and O–H groups in total. The molecule has 1 aromatic carbocycles. The van der Waals surface area contributed by atoms with Crippen LogP contribution in [0.4, 0.5) is 13.2 Å². The lowest BCUT2D eigenvalue weighted by atomic mass is 10.1. The number of aromatic nitrogens is 3. The summed E-state index contributed by atoms with van der Waals surface area (Å²) in [6.07, 6.45) is -4.84. The number of hydrogen-bond donors (Lipinski definition) is 0. The van der Waals surface area contributed by atoms with Crippen LogP contribution in [-0.2, 0) is 0 Å². The summed E-state index contributed by atoms with van der Waals surface area (Å²) < 4.78 is 43.1. The molecule has 3 rings (SSSR count).